The highest BCUT2D eigenvalue weighted by atomic mass is 79.9. The molecule has 0 aliphatic carbocycles. The molecule has 1 heterocycles. The normalized spacial score (nSPS) is 13.8. The van der Waals surface area contributed by atoms with Crippen molar-refractivity contribution in [1.82, 2.24) is 0 Å². The zero-order valence-electron chi connectivity index (χ0n) is 6.43. The highest BCUT2D eigenvalue weighted by molar-refractivity contribution is 9.10. The van der Waals surface area contributed by atoms with Gasteiger partial charge in [-0.2, -0.15) is 0 Å². The molecule has 0 radical (unpaired) electrons. The third-order valence-electron chi connectivity index (χ3n) is 2.04. The molecule has 1 aliphatic heterocycles. The molecule has 2 nitrogen and oxygen atoms in total. The quantitative estimate of drug-likeness (QED) is 0.744. The van der Waals surface area contributed by atoms with Gasteiger partial charge >= 0.3 is 0 Å². The van der Waals surface area contributed by atoms with Crippen LogP contribution in [0.3, 0.4) is 0 Å². The molecular weight excluding hydrogens is 218 g/mol. The second-order valence-corrected chi connectivity index (χ2v) is 3.74. The van der Waals surface area contributed by atoms with Gasteiger partial charge in [0.1, 0.15) is 0 Å². The Balaban J connectivity index is 2.62. The van der Waals surface area contributed by atoms with Gasteiger partial charge in [-0.1, -0.05) is 15.9 Å². The van der Waals surface area contributed by atoms with Gasteiger partial charge in [-0.25, -0.2) is 0 Å². The predicted molar refractivity (Wildman–Crippen MR) is 51.7 cm³/mol. The van der Waals surface area contributed by atoms with E-state index in [-0.39, 0.29) is 0 Å². The van der Waals surface area contributed by atoms with Gasteiger partial charge in [-0.3, -0.25) is 4.79 Å². The van der Waals surface area contributed by atoms with E-state index in [2.05, 4.69) is 27.3 Å². The molecular formula is C9H8BrNO. The molecule has 0 fully saturated rings. The van der Waals surface area contributed by atoms with Crippen LogP contribution in [0.15, 0.2) is 16.6 Å². The van der Waals surface area contributed by atoms with Crippen LogP contribution >= 0.6 is 15.9 Å². The second-order valence-electron chi connectivity index (χ2n) is 2.82. The fraction of sp³-hybridized carbons (Fsp3) is 0.222. The summed E-state index contributed by atoms with van der Waals surface area (Å²) in [5.41, 5.74) is 2.98. The van der Waals surface area contributed by atoms with Crippen molar-refractivity contribution in [2.24, 2.45) is 0 Å². The molecule has 12 heavy (non-hydrogen) atoms. The summed E-state index contributed by atoms with van der Waals surface area (Å²) in [5, 5.41) is 3.19. The molecule has 0 saturated heterocycles. The Kier molecular flexibility index (Phi) is 1.89. The number of benzene rings is 1. The summed E-state index contributed by atoms with van der Waals surface area (Å²) < 4.78 is 0.979. The molecule has 1 aliphatic rings. The van der Waals surface area contributed by atoms with E-state index in [1.807, 2.05) is 6.07 Å². The van der Waals surface area contributed by atoms with Crippen LogP contribution in [0.25, 0.3) is 0 Å². The van der Waals surface area contributed by atoms with Crippen LogP contribution in [0.5, 0.6) is 0 Å². The molecule has 0 aromatic heterocycles. The van der Waals surface area contributed by atoms with Gasteiger partial charge in [0.25, 0.3) is 0 Å². The molecule has 3 heteroatoms. The van der Waals surface area contributed by atoms with E-state index in [9.17, 15) is 4.79 Å². The lowest BCUT2D eigenvalue weighted by atomic mass is 10.1. The minimum absolute atomic E-state index is 0.747. The van der Waals surface area contributed by atoms with Crippen molar-refractivity contribution in [1.29, 1.82) is 0 Å². The maximum absolute atomic E-state index is 10.7. The molecule has 0 spiro atoms. The van der Waals surface area contributed by atoms with Crippen molar-refractivity contribution in [2.75, 3.05) is 11.9 Å². The number of aldehydes is 1. The smallest absolute Gasteiger partial charge is 0.152 e. The largest absolute Gasteiger partial charge is 0.384 e. The molecule has 2 rings (SSSR count). The maximum atomic E-state index is 10.7. The molecule has 1 aromatic rings. The van der Waals surface area contributed by atoms with Gasteiger partial charge < -0.3 is 5.32 Å². The minimum atomic E-state index is 0.747. The van der Waals surface area contributed by atoms with E-state index in [1.54, 1.807) is 0 Å². The Hall–Kier alpha value is -0.830. The fourth-order valence-corrected chi connectivity index (χ4v) is 2.04. The first-order chi connectivity index (χ1) is 5.81. The van der Waals surface area contributed by atoms with E-state index in [4.69, 9.17) is 0 Å². The van der Waals surface area contributed by atoms with E-state index in [0.29, 0.717) is 0 Å². The standard InChI is InChI=1S/C9H8BrNO/c10-8-3-6-1-2-11-9(6)7(4-8)5-12/h3-5,11H,1-2H2. The average molecular weight is 226 g/mol. The number of hydrogen-bond acceptors (Lipinski definition) is 2. The average Bonchev–Trinajstić information content (AvgIpc) is 2.50. The van der Waals surface area contributed by atoms with Crippen molar-refractivity contribution >= 4 is 27.9 Å². The van der Waals surface area contributed by atoms with Crippen molar-refractivity contribution in [3.63, 3.8) is 0 Å². The molecule has 1 aromatic carbocycles. The first kappa shape index (κ1) is 7.80. The van der Waals surface area contributed by atoms with Crippen LogP contribution in [-0.4, -0.2) is 12.8 Å². The Morgan fingerprint density at radius 3 is 3.08 bits per heavy atom. The third-order valence-corrected chi connectivity index (χ3v) is 2.50. The lowest BCUT2D eigenvalue weighted by Gasteiger charge is -2.03. The van der Waals surface area contributed by atoms with Gasteiger partial charge in [0.2, 0.25) is 0 Å². The van der Waals surface area contributed by atoms with Crippen LogP contribution in [0.1, 0.15) is 15.9 Å². The molecule has 0 bridgehead atoms. The molecule has 0 unspecified atom stereocenters. The second kappa shape index (κ2) is 2.90. The molecule has 0 saturated carbocycles. The van der Waals surface area contributed by atoms with Crippen LogP contribution in [0, 0.1) is 0 Å². The number of nitrogens with one attached hydrogen (secondary N) is 1. The Bertz CT molecular complexity index is 336. The zero-order chi connectivity index (χ0) is 8.55. The summed E-state index contributed by atoms with van der Waals surface area (Å²) in [5.74, 6) is 0. The number of rotatable bonds is 1. The summed E-state index contributed by atoms with van der Waals surface area (Å²) in [6, 6.07) is 3.90. The SMILES string of the molecule is O=Cc1cc(Br)cc2c1NCC2. The molecule has 62 valence electrons. The van der Waals surface area contributed by atoms with Crippen molar-refractivity contribution in [3.05, 3.63) is 27.7 Å². The number of carbonyl (C=O) groups excluding carboxylic acids is 1. The predicted octanol–water partition coefficient (Wildman–Crippen LogP) is 2.23. The van der Waals surface area contributed by atoms with Gasteiger partial charge in [-0.15, -0.1) is 0 Å². The van der Waals surface area contributed by atoms with Crippen LogP contribution in [-0.2, 0) is 6.42 Å². The van der Waals surface area contributed by atoms with Gasteiger partial charge in [0, 0.05) is 22.3 Å². The lowest BCUT2D eigenvalue weighted by molar-refractivity contribution is 0.112. The Morgan fingerprint density at radius 1 is 1.50 bits per heavy atom. The minimum Gasteiger partial charge on any atom is -0.384 e. The van der Waals surface area contributed by atoms with Crippen LogP contribution < -0.4 is 5.32 Å². The van der Waals surface area contributed by atoms with Gasteiger partial charge in [0.05, 0.1) is 0 Å². The molecule has 1 N–H and O–H groups in total. The fourth-order valence-electron chi connectivity index (χ4n) is 1.51. The topological polar surface area (TPSA) is 29.1 Å². The monoisotopic (exact) mass is 225 g/mol. The van der Waals surface area contributed by atoms with Gasteiger partial charge in [0.15, 0.2) is 6.29 Å². The highest BCUT2D eigenvalue weighted by Crippen LogP contribution is 2.29. The summed E-state index contributed by atoms with van der Waals surface area (Å²) in [6.07, 6.45) is 1.90. The van der Waals surface area contributed by atoms with E-state index < -0.39 is 0 Å². The highest BCUT2D eigenvalue weighted by Gasteiger charge is 2.14. The lowest BCUT2D eigenvalue weighted by Crippen LogP contribution is -1.94. The number of fused-ring (bicyclic) bond motifs is 1. The Morgan fingerprint density at radius 2 is 2.33 bits per heavy atom. The number of hydrogen-bond donors (Lipinski definition) is 1. The summed E-state index contributed by atoms with van der Waals surface area (Å²) in [6.45, 7) is 0.937. The van der Waals surface area contributed by atoms with Crippen molar-refractivity contribution in [2.45, 2.75) is 6.42 Å². The number of carbonyl (C=O) groups is 1. The van der Waals surface area contributed by atoms with Crippen LogP contribution in [0.4, 0.5) is 5.69 Å². The zero-order valence-corrected chi connectivity index (χ0v) is 8.02. The van der Waals surface area contributed by atoms with Crippen molar-refractivity contribution < 1.29 is 4.79 Å². The first-order valence-corrected chi connectivity index (χ1v) is 4.62. The maximum Gasteiger partial charge on any atom is 0.152 e. The summed E-state index contributed by atoms with van der Waals surface area (Å²) in [7, 11) is 0. The molecule has 0 amide bonds. The first-order valence-electron chi connectivity index (χ1n) is 3.83. The van der Waals surface area contributed by atoms with Crippen LogP contribution in [0.2, 0.25) is 0 Å². The summed E-state index contributed by atoms with van der Waals surface area (Å²) >= 11 is 3.37. The Labute approximate surface area is 79.1 Å². The van der Waals surface area contributed by atoms with E-state index >= 15 is 0 Å². The summed E-state index contributed by atoms with van der Waals surface area (Å²) in [4.78, 5) is 10.7. The third kappa shape index (κ3) is 1.14. The number of halogens is 1. The van der Waals surface area contributed by atoms with Gasteiger partial charge in [-0.05, 0) is 24.1 Å². The molecule has 0 atom stereocenters. The van der Waals surface area contributed by atoms with E-state index in [0.717, 1.165) is 35.0 Å². The number of anilines is 1. The van der Waals surface area contributed by atoms with Crippen molar-refractivity contribution in [3.8, 4) is 0 Å². The van der Waals surface area contributed by atoms with E-state index in [1.165, 1.54) is 5.56 Å².